The molecule has 29 heavy (non-hydrogen) atoms. The van der Waals surface area contributed by atoms with Gasteiger partial charge >= 0.3 is 0 Å². The second-order valence-electron chi connectivity index (χ2n) is 7.22. The molecule has 1 saturated heterocycles. The molecule has 2 aliphatic heterocycles. The first-order valence-electron chi connectivity index (χ1n) is 9.69. The highest BCUT2D eigenvalue weighted by Gasteiger charge is 2.29. The van der Waals surface area contributed by atoms with Gasteiger partial charge in [0.1, 0.15) is 6.33 Å². The Morgan fingerprint density at radius 1 is 1.07 bits per heavy atom. The van der Waals surface area contributed by atoms with Crippen molar-refractivity contribution in [2.75, 3.05) is 19.9 Å². The van der Waals surface area contributed by atoms with Gasteiger partial charge in [0.2, 0.25) is 6.79 Å². The number of piperidine rings is 1. The van der Waals surface area contributed by atoms with Crippen molar-refractivity contribution < 1.29 is 14.3 Å². The molecule has 3 aromatic rings. The van der Waals surface area contributed by atoms with Crippen molar-refractivity contribution in [2.45, 2.75) is 18.8 Å². The molecule has 0 radical (unpaired) electrons. The highest BCUT2D eigenvalue weighted by atomic mass is 16.7. The first-order valence-corrected chi connectivity index (χ1v) is 9.69. The van der Waals surface area contributed by atoms with Gasteiger partial charge in [-0.2, -0.15) is 0 Å². The van der Waals surface area contributed by atoms with E-state index < -0.39 is 0 Å². The summed E-state index contributed by atoms with van der Waals surface area (Å²) in [7, 11) is 0. The fourth-order valence-electron chi connectivity index (χ4n) is 4.02. The van der Waals surface area contributed by atoms with Gasteiger partial charge in [0, 0.05) is 48.7 Å². The average molecular weight is 388 g/mol. The van der Waals surface area contributed by atoms with Crippen molar-refractivity contribution in [1.29, 1.82) is 0 Å². The summed E-state index contributed by atoms with van der Waals surface area (Å²) in [4.78, 5) is 27.9. The quantitative estimate of drug-likeness (QED) is 0.685. The number of benzene rings is 1. The number of rotatable bonds is 3. The molecule has 1 aromatic carbocycles. The Morgan fingerprint density at radius 2 is 1.93 bits per heavy atom. The van der Waals surface area contributed by atoms with Gasteiger partial charge in [0.25, 0.3) is 5.91 Å². The van der Waals surface area contributed by atoms with Gasteiger partial charge in [-0.15, -0.1) is 0 Å². The van der Waals surface area contributed by atoms with Crippen LogP contribution in [0.5, 0.6) is 11.5 Å². The maximum atomic E-state index is 13.1. The number of hydrogen-bond donors (Lipinski definition) is 0. The third kappa shape index (κ3) is 3.40. The second kappa shape index (κ2) is 7.50. The Labute approximate surface area is 168 Å². The van der Waals surface area contributed by atoms with E-state index in [1.165, 1.54) is 0 Å². The molecule has 7 nitrogen and oxygen atoms in total. The number of carbonyl (C=O) groups is 1. The lowest BCUT2D eigenvalue weighted by molar-refractivity contribution is 0.0705. The van der Waals surface area contributed by atoms with Crippen LogP contribution in [0.1, 0.15) is 34.8 Å². The maximum absolute atomic E-state index is 13.1. The Balaban J connectivity index is 1.40. The molecule has 1 atom stereocenters. The fraction of sp³-hybridized carbons (Fsp3) is 0.273. The number of pyridine rings is 1. The molecule has 1 amide bonds. The van der Waals surface area contributed by atoms with Crippen LogP contribution in [0, 0.1) is 0 Å². The Morgan fingerprint density at radius 3 is 2.83 bits per heavy atom. The molecule has 2 aromatic heterocycles. The van der Waals surface area contributed by atoms with Gasteiger partial charge < -0.3 is 14.4 Å². The minimum atomic E-state index is 0.00696. The van der Waals surface area contributed by atoms with E-state index in [4.69, 9.17) is 9.47 Å². The van der Waals surface area contributed by atoms with Crippen LogP contribution in [0.15, 0.2) is 55.2 Å². The number of nitrogens with zero attached hydrogens (tertiary/aromatic N) is 4. The fourth-order valence-corrected chi connectivity index (χ4v) is 4.02. The molecular formula is C22H20N4O3. The zero-order valence-corrected chi connectivity index (χ0v) is 15.8. The van der Waals surface area contributed by atoms with Crippen molar-refractivity contribution in [3.63, 3.8) is 0 Å². The number of hydrogen-bond acceptors (Lipinski definition) is 6. The summed E-state index contributed by atoms with van der Waals surface area (Å²) in [6.07, 6.45) is 8.88. The number of amides is 1. The molecule has 0 saturated carbocycles. The van der Waals surface area contributed by atoms with Crippen LogP contribution in [-0.2, 0) is 0 Å². The molecule has 0 bridgehead atoms. The molecule has 5 rings (SSSR count). The number of aromatic nitrogens is 3. The molecule has 2 aliphatic rings. The van der Waals surface area contributed by atoms with Crippen LogP contribution >= 0.6 is 0 Å². The molecule has 4 heterocycles. The highest BCUT2D eigenvalue weighted by Crippen LogP contribution is 2.35. The molecule has 0 unspecified atom stereocenters. The van der Waals surface area contributed by atoms with E-state index in [-0.39, 0.29) is 18.6 Å². The van der Waals surface area contributed by atoms with Crippen molar-refractivity contribution in [3.05, 3.63) is 66.5 Å². The van der Waals surface area contributed by atoms with E-state index in [1.54, 1.807) is 36.9 Å². The maximum Gasteiger partial charge on any atom is 0.254 e. The largest absolute Gasteiger partial charge is 0.454 e. The Kier molecular flexibility index (Phi) is 4.56. The summed E-state index contributed by atoms with van der Waals surface area (Å²) < 4.78 is 10.8. The third-order valence-corrected chi connectivity index (χ3v) is 5.45. The van der Waals surface area contributed by atoms with E-state index in [1.807, 2.05) is 23.2 Å². The van der Waals surface area contributed by atoms with E-state index >= 15 is 0 Å². The highest BCUT2D eigenvalue weighted by molar-refractivity contribution is 5.95. The molecule has 1 fully saturated rings. The van der Waals surface area contributed by atoms with Crippen molar-refractivity contribution in [3.8, 4) is 22.6 Å². The van der Waals surface area contributed by atoms with Gasteiger partial charge in [0.05, 0.1) is 5.69 Å². The van der Waals surface area contributed by atoms with Crippen LogP contribution < -0.4 is 9.47 Å². The zero-order valence-electron chi connectivity index (χ0n) is 15.8. The van der Waals surface area contributed by atoms with Crippen LogP contribution in [-0.4, -0.2) is 45.6 Å². The Hall–Kier alpha value is -3.48. The van der Waals surface area contributed by atoms with Crippen molar-refractivity contribution in [2.24, 2.45) is 0 Å². The summed E-state index contributed by atoms with van der Waals surface area (Å²) in [5, 5.41) is 0. The standard InChI is InChI=1S/C22H20N4O3/c27-22(16-3-4-19-20(10-16)29-14-28-19)26-9-1-2-17(12-26)21-18(11-24-13-25-21)15-5-7-23-8-6-15/h3-8,10-11,13,17H,1-2,9,12,14H2/t17-/m1/s1. The van der Waals surface area contributed by atoms with Crippen LogP contribution in [0.4, 0.5) is 0 Å². The Bertz CT molecular complexity index is 1040. The van der Waals surface area contributed by atoms with Gasteiger partial charge in [-0.05, 0) is 48.7 Å². The van der Waals surface area contributed by atoms with Gasteiger partial charge in [-0.1, -0.05) is 0 Å². The predicted octanol–water partition coefficient (Wildman–Crippen LogP) is 3.29. The molecule has 0 aliphatic carbocycles. The lowest BCUT2D eigenvalue weighted by atomic mass is 9.90. The predicted molar refractivity (Wildman–Crippen MR) is 106 cm³/mol. The van der Waals surface area contributed by atoms with Gasteiger partial charge in [-0.25, -0.2) is 9.97 Å². The second-order valence-corrected chi connectivity index (χ2v) is 7.22. The minimum Gasteiger partial charge on any atom is -0.454 e. The van der Waals surface area contributed by atoms with Gasteiger partial charge in [-0.3, -0.25) is 9.78 Å². The van der Waals surface area contributed by atoms with Crippen molar-refractivity contribution >= 4 is 5.91 Å². The summed E-state index contributed by atoms with van der Waals surface area (Å²) in [6, 6.07) is 9.28. The summed E-state index contributed by atoms with van der Waals surface area (Å²) in [6.45, 7) is 1.56. The lowest BCUT2D eigenvalue weighted by Crippen LogP contribution is -2.39. The summed E-state index contributed by atoms with van der Waals surface area (Å²) in [5.41, 5.74) is 3.63. The first-order chi connectivity index (χ1) is 14.3. The topological polar surface area (TPSA) is 77.4 Å². The van der Waals surface area contributed by atoms with E-state index in [0.717, 1.165) is 36.2 Å². The van der Waals surface area contributed by atoms with Crippen molar-refractivity contribution in [1.82, 2.24) is 19.9 Å². The third-order valence-electron chi connectivity index (χ3n) is 5.45. The molecule has 146 valence electrons. The average Bonchev–Trinajstić information content (AvgIpc) is 3.27. The van der Waals surface area contributed by atoms with Crippen LogP contribution in [0.3, 0.4) is 0 Å². The number of fused-ring (bicyclic) bond motifs is 1. The normalized spacial score (nSPS) is 17.9. The lowest BCUT2D eigenvalue weighted by Gasteiger charge is -2.33. The number of carbonyl (C=O) groups excluding carboxylic acids is 1. The molecule has 0 spiro atoms. The van der Waals surface area contributed by atoms with E-state index in [2.05, 4.69) is 15.0 Å². The minimum absolute atomic E-state index is 0.00696. The SMILES string of the molecule is O=C(c1ccc2c(c1)OCO2)N1CCC[C@@H](c2ncncc2-c2ccncc2)C1. The van der Waals surface area contributed by atoms with Crippen LogP contribution in [0.2, 0.25) is 0 Å². The number of ether oxygens (including phenoxy) is 2. The molecule has 7 heteroatoms. The van der Waals surface area contributed by atoms with E-state index in [9.17, 15) is 4.79 Å². The van der Waals surface area contributed by atoms with Crippen LogP contribution in [0.25, 0.3) is 11.1 Å². The summed E-state index contributed by atoms with van der Waals surface area (Å²) in [5.74, 6) is 1.47. The monoisotopic (exact) mass is 388 g/mol. The molecule has 0 N–H and O–H groups in total. The first kappa shape index (κ1) is 17.6. The summed E-state index contributed by atoms with van der Waals surface area (Å²) >= 11 is 0. The molecular weight excluding hydrogens is 368 g/mol. The van der Waals surface area contributed by atoms with Gasteiger partial charge in [0.15, 0.2) is 11.5 Å². The smallest absolute Gasteiger partial charge is 0.254 e. The zero-order chi connectivity index (χ0) is 19.6. The van der Waals surface area contributed by atoms with E-state index in [0.29, 0.717) is 23.6 Å². The number of likely N-dealkylation sites (tertiary alicyclic amines) is 1.